The zero-order valence-electron chi connectivity index (χ0n) is 18.8. The van der Waals surface area contributed by atoms with Gasteiger partial charge in [-0.25, -0.2) is 4.79 Å². The second-order valence-corrected chi connectivity index (χ2v) is 8.18. The highest BCUT2D eigenvalue weighted by molar-refractivity contribution is 6.30. The third kappa shape index (κ3) is 7.09. The van der Waals surface area contributed by atoms with Crippen LogP contribution in [0.5, 0.6) is 11.5 Å². The fourth-order valence-corrected chi connectivity index (χ4v) is 3.54. The Morgan fingerprint density at radius 1 is 0.743 bits per heavy atom. The van der Waals surface area contributed by atoms with E-state index in [0.29, 0.717) is 34.3 Å². The molecule has 0 aliphatic heterocycles. The summed E-state index contributed by atoms with van der Waals surface area (Å²) in [5.74, 6) is 0.774. The van der Waals surface area contributed by atoms with Crippen molar-refractivity contribution < 1.29 is 14.3 Å². The summed E-state index contributed by atoms with van der Waals surface area (Å²) in [4.78, 5) is 26.0. The zero-order valence-corrected chi connectivity index (χ0v) is 19.5. The van der Waals surface area contributed by atoms with E-state index in [1.807, 2.05) is 66.7 Å². The predicted octanol–water partition coefficient (Wildman–Crippen LogP) is 6.50. The first kappa shape index (κ1) is 23.9. The van der Waals surface area contributed by atoms with Crippen molar-refractivity contribution in [2.45, 2.75) is 12.5 Å². The maximum absolute atomic E-state index is 13.3. The van der Waals surface area contributed by atoms with Crippen LogP contribution >= 0.6 is 11.6 Å². The first-order valence-corrected chi connectivity index (χ1v) is 11.4. The molecule has 0 spiro atoms. The van der Waals surface area contributed by atoms with Gasteiger partial charge in [0.15, 0.2) is 5.75 Å². The van der Waals surface area contributed by atoms with Gasteiger partial charge in [-0.2, -0.15) is 0 Å². The van der Waals surface area contributed by atoms with Gasteiger partial charge in [0.2, 0.25) is 5.91 Å². The average Bonchev–Trinajstić information content (AvgIpc) is 2.87. The van der Waals surface area contributed by atoms with Crippen LogP contribution in [0, 0.1) is 0 Å². The molecule has 6 nitrogen and oxygen atoms in total. The summed E-state index contributed by atoms with van der Waals surface area (Å²) in [7, 11) is 0. The Bertz CT molecular complexity index is 1270. The molecule has 4 aromatic carbocycles. The highest BCUT2D eigenvalue weighted by Gasteiger charge is 2.23. The number of nitrogens with one attached hydrogen (secondary N) is 3. The van der Waals surface area contributed by atoms with Crippen molar-refractivity contribution in [1.29, 1.82) is 0 Å². The third-order valence-corrected chi connectivity index (χ3v) is 5.37. The van der Waals surface area contributed by atoms with Crippen molar-refractivity contribution in [3.05, 3.63) is 120 Å². The number of rotatable bonds is 8. The smallest absolute Gasteiger partial charge is 0.319 e. The van der Waals surface area contributed by atoms with E-state index >= 15 is 0 Å². The minimum atomic E-state index is -0.838. The molecule has 1 atom stereocenters. The van der Waals surface area contributed by atoms with Gasteiger partial charge in [-0.15, -0.1) is 0 Å². The van der Waals surface area contributed by atoms with Crippen LogP contribution in [-0.4, -0.2) is 18.0 Å². The Morgan fingerprint density at radius 3 is 2.09 bits per heavy atom. The van der Waals surface area contributed by atoms with Crippen LogP contribution in [-0.2, 0) is 11.2 Å². The number of carbonyl (C=O) groups excluding carboxylic acids is 2. The fourth-order valence-electron chi connectivity index (χ4n) is 3.41. The van der Waals surface area contributed by atoms with E-state index in [1.165, 1.54) is 0 Å². The molecule has 0 aliphatic carbocycles. The van der Waals surface area contributed by atoms with Gasteiger partial charge in [-0.3, -0.25) is 4.79 Å². The normalized spacial score (nSPS) is 11.2. The van der Waals surface area contributed by atoms with Crippen molar-refractivity contribution in [2.75, 3.05) is 10.6 Å². The van der Waals surface area contributed by atoms with Gasteiger partial charge in [0.25, 0.3) is 0 Å². The Morgan fingerprint density at radius 2 is 1.37 bits per heavy atom. The van der Waals surface area contributed by atoms with Crippen LogP contribution in [0.3, 0.4) is 0 Å². The van der Waals surface area contributed by atoms with Gasteiger partial charge in [-0.1, -0.05) is 72.3 Å². The van der Waals surface area contributed by atoms with Crippen molar-refractivity contribution in [2.24, 2.45) is 0 Å². The number of anilines is 2. The number of carbonyl (C=O) groups is 2. The van der Waals surface area contributed by atoms with E-state index in [4.69, 9.17) is 16.3 Å². The molecule has 3 amide bonds. The lowest BCUT2D eigenvalue weighted by atomic mass is 10.1. The molecule has 0 saturated heterocycles. The van der Waals surface area contributed by atoms with Crippen LogP contribution in [0.25, 0.3) is 0 Å². The van der Waals surface area contributed by atoms with E-state index in [1.54, 1.807) is 42.5 Å². The molecule has 7 heteroatoms. The molecule has 0 aliphatic rings. The maximum atomic E-state index is 13.3. The molecule has 0 fully saturated rings. The van der Waals surface area contributed by atoms with Crippen molar-refractivity contribution in [3.8, 4) is 11.5 Å². The van der Waals surface area contributed by atoms with Crippen LogP contribution < -0.4 is 20.7 Å². The lowest BCUT2D eigenvalue weighted by Gasteiger charge is -2.20. The first-order chi connectivity index (χ1) is 17.1. The SMILES string of the molecule is O=C(Nc1ccc(Cl)cc1)NC(Cc1ccccc1)C(=O)Nc1ccccc1Oc1ccccc1. The lowest BCUT2D eigenvalue weighted by molar-refractivity contribution is -0.117. The summed E-state index contributed by atoms with van der Waals surface area (Å²) in [6.45, 7) is 0. The molecule has 0 bridgehead atoms. The second kappa shape index (κ2) is 11.7. The fraction of sp³-hybridized carbons (Fsp3) is 0.0714. The summed E-state index contributed by atoms with van der Waals surface area (Å²) >= 11 is 5.91. The van der Waals surface area contributed by atoms with Gasteiger partial charge in [-0.05, 0) is 54.1 Å². The molecule has 1 unspecified atom stereocenters. The van der Waals surface area contributed by atoms with Gasteiger partial charge in [0, 0.05) is 17.1 Å². The number of hydrogen-bond acceptors (Lipinski definition) is 3. The van der Waals surface area contributed by atoms with Gasteiger partial charge in [0.1, 0.15) is 11.8 Å². The largest absolute Gasteiger partial charge is 0.455 e. The van der Waals surface area contributed by atoms with Gasteiger partial charge >= 0.3 is 6.03 Å². The Balaban J connectivity index is 1.50. The molecule has 4 aromatic rings. The minimum absolute atomic E-state index is 0.308. The number of urea groups is 1. The molecule has 0 radical (unpaired) electrons. The molecule has 0 heterocycles. The summed E-state index contributed by atoms with van der Waals surface area (Å²) in [5.41, 5.74) is 1.97. The second-order valence-electron chi connectivity index (χ2n) is 7.75. The van der Waals surface area contributed by atoms with Crippen LogP contribution in [0.4, 0.5) is 16.2 Å². The minimum Gasteiger partial charge on any atom is -0.455 e. The summed E-state index contributed by atoms with van der Waals surface area (Å²) in [6, 6.07) is 31.3. The molecule has 4 rings (SSSR count). The van der Waals surface area contributed by atoms with E-state index in [2.05, 4.69) is 16.0 Å². The van der Waals surface area contributed by atoms with Gasteiger partial charge < -0.3 is 20.7 Å². The highest BCUT2D eigenvalue weighted by Crippen LogP contribution is 2.29. The number of para-hydroxylation sites is 3. The topological polar surface area (TPSA) is 79.5 Å². The van der Waals surface area contributed by atoms with Crippen molar-refractivity contribution >= 4 is 34.9 Å². The molecular formula is C28H24ClN3O3. The molecule has 35 heavy (non-hydrogen) atoms. The van der Waals surface area contributed by atoms with E-state index < -0.39 is 12.1 Å². The standard InChI is InChI=1S/C28H24ClN3O3/c29-21-15-17-22(18-16-21)30-28(34)32-25(19-20-9-3-1-4-10-20)27(33)31-24-13-7-8-14-26(24)35-23-11-5-2-6-12-23/h1-18,25H,19H2,(H,31,33)(H2,30,32,34). The number of halogens is 1. The van der Waals surface area contributed by atoms with E-state index in [9.17, 15) is 9.59 Å². The molecule has 0 aromatic heterocycles. The van der Waals surface area contributed by atoms with Crippen molar-refractivity contribution in [3.63, 3.8) is 0 Å². The maximum Gasteiger partial charge on any atom is 0.319 e. The monoisotopic (exact) mass is 485 g/mol. The van der Waals surface area contributed by atoms with E-state index in [-0.39, 0.29) is 5.91 Å². The molecular weight excluding hydrogens is 462 g/mol. The summed E-state index contributed by atoms with van der Waals surface area (Å²) in [6.07, 6.45) is 0.308. The zero-order chi connectivity index (χ0) is 24.5. The Labute approximate surface area is 208 Å². The van der Waals surface area contributed by atoms with Crippen LogP contribution in [0.2, 0.25) is 5.02 Å². The number of benzene rings is 4. The van der Waals surface area contributed by atoms with Crippen molar-refractivity contribution in [1.82, 2.24) is 5.32 Å². The quantitative estimate of drug-likeness (QED) is 0.266. The number of amides is 3. The molecule has 176 valence electrons. The van der Waals surface area contributed by atoms with Crippen LogP contribution in [0.15, 0.2) is 109 Å². The third-order valence-electron chi connectivity index (χ3n) is 5.12. The predicted molar refractivity (Wildman–Crippen MR) is 139 cm³/mol. The average molecular weight is 486 g/mol. The highest BCUT2D eigenvalue weighted by atomic mass is 35.5. The summed E-state index contributed by atoms with van der Waals surface area (Å²) < 4.78 is 5.95. The lowest BCUT2D eigenvalue weighted by Crippen LogP contribution is -2.47. The van der Waals surface area contributed by atoms with Crippen LogP contribution in [0.1, 0.15) is 5.56 Å². The van der Waals surface area contributed by atoms with E-state index in [0.717, 1.165) is 5.56 Å². The number of hydrogen-bond donors (Lipinski definition) is 3. The molecule has 3 N–H and O–H groups in total. The number of ether oxygens (including phenoxy) is 1. The Hall–Kier alpha value is -4.29. The summed E-state index contributed by atoms with van der Waals surface area (Å²) in [5, 5.41) is 8.98. The Kier molecular flexibility index (Phi) is 7.99. The van der Waals surface area contributed by atoms with Gasteiger partial charge in [0.05, 0.1) is 5.69 Å². The molecule has 0 saturated carbocycles. The first-order valence-electron chi connectivity index (χ1n) is 11.1.